The third-order valence-corrected chi connectivity index (χ3v) is 10.6. The van der Waals surface area contributed by atoms with Gasteiger partial charge in [-0.3, -0.25) is 9.59 Å². The maximum atomic E-state index is 15.2. The van der Waals surface area contributed by atoms with Crippen molar-refractivity contribution in [2.45, 2.75) is 27.7 Å². The van der Waals surface area contributed by atoms with Crippen LogP contribution in [0, 0.1) is 27.7 Å². The van der Waals surface area contributed by atoms with Gasteiger partial charge < -0.3 is 4.57 Å². The van der Waals surface area contributed by atoms with Crippen molar-refractivity contribution in [3.63, 3.8) is 0 Å². The zero-order chi connectivity index (χ0) is 39.7. The Kier molecular flexibility index (Phi) is 8.08. The Bertz CT molecular complexity index is 3010. The van der Waals surface area contributed by atoms with Gasteiger partial charge in [-0.25, -0.2) is 34.8 Å². The number of aromatic nitrogens is 7. The maximum absolute atomic E-state index is 15.2. The van der Waals surface area contributed by atoms with Crippen LogP contribution in [-0.2, 0) is 0 Å². The Balaban J connectivity index is 1.22. The fraction of sp³-hybridized carbons (Fsp3) is 0.0833. The van der Waals surface area contributed by atoms with Crippen molar-refractivity contribution in [3.05, 3.63) is 168 Å². The monoisotopic (exact) mass is 754 g/mol. The number of rotatable bonds is 6. The lowest BCUT2D eigenvalue weighted by molar-refractivity contribution is 0.0926. The smallest absolute Gasteiger partial charge is 0.268 e. The molecule has 10 heteroatoms. The van der Waals surface area contributed by atoms with E-state index in [4.69, 9.17) is 0 Å². The molecule has 0 bridgehead atoms. The number of carbonyl (C=O) groups excluding carboxylic acids is 2. The number of hydrogen-bond donors (Lipinski definition) is 0. The van der Waals surface area contributed by atoms with E-state index >= 15 is 4.79 Å². The lowest BCUT2D eigenvalue weighted by atomic mass is 9.97. The van der Waals surface area contributed by atoms with Crippen LogP contribution in [-0.4, -0.2) is 46.3 Å². The van der Waals surface area contributed by atoms with E-state index in [0.29, 0.717) is 57.4 Å². The molecule has 10 nitrogen and oxygen atoms in total. The quantitative estimate of drug-likeness (QED) is 0.154. The van der Waals surface area contributed by atoms with Crippen LogP contribution >= 0.6 is 0 Å². The van der Waals surface area contributed by atoms with Crippen LogP contribution in [0.15, 0.2) is 133 Å². The van der Waals surface area contributed by atoms with E-state index < -0.39 is 11.8 Å². The molecule has 2 amide bonds. The first-order valence-corrected chi connectivity index (χ1v) is 19.0. The molecule has 0 saturated carbocycles. The highest BCUT2D eigenvalue weighted by atomic mass is 16.2. The molecule has 278 valence electrons. The molecule has 0 saturated heterocycles. The van der Waals surface area contributed by atoms with Gasteiger partial charge in [0.05, 0.1) is 33.5 Å². The number of hydrogen-bond acceptors (Lipinski definition) is 8. The number of carbonyl (C=O) groups is 2. The summed E-state index contributed by atoms with van der Waals surface area (Å²) in [6, 6.07) is 43.4. The minimum atomic E-state index is -0.410. The van der Waals surface area contributed by atoms with Crippen LogP contribution in [0.3, 0.4) is 0 Å². The van der Waals surface area contributed by atoms with Gasteiger partial charge in [0.25, 0.3) is 11.8 Å². The van der Waals surface area contributed by atoms with E-state index in [9.17, 15) is 4.79 Å². The second-order valence-corrected chi connectivity index (χ2v) is 14.4. The van der Waals surface area contributed by atoms with Crippen LogP contribution in [0.1, 0.15) is 44.0 Å². The number of benzene rings is 6. The maximum Gasteiger partial charge on any atom is 0.268 e. The van der Waals surface area contributed by atoms with Gasteiger partial charge in [0.1, 0.15) is 23.3 Å². The molecule has 6 aromatic carbocycles. The fourth-order valence-corrected chi connectivity index (χ4v) is 8.11. The first-order chi connectivity index (χ1) is 28.2. The van der Waals surface area contributed by atoms with Gasteiger partial charge in [-0.15, -0.1) is 0 Å². The standard InChI is InChI=1S/C48H34N8O2/c1-27-49-28(2)52-45(51-27)34-19-22-37-38-23-20-35(46-53-29(3)50-30(4)54-46)26-43(38)55(42(37)25-34)40-17-11-16-39-44(40)48(58)56(47(39)57)41-24-33(31-12-7-5-8-13-31)18-21-36(41)32-14-9-6-10-15-32/h5-26H,1-4H3. The average Bonchev–Trinajstić information content (AvgIpc) is 3.69. The lowest BCUT2D eigenvalue weighted by Gasteiger charge is -2.20. The largest absolute Gasteiger partial charge is 0.308 e. The Morgan fingerprint density at radius 3 is 1.47 bits per heavy atom. The number of amides is 2. The molecule has 10 rings (SSSR count). The summed E-state index contributed by atoms with van der Waals surface area (Å²) < 4.78 is 2.06. The van der Waals surface area contributed by atoms with Crippen molar-refractivity contribution in [1.82, 2.24) is 34.5 Å². The van der Waals surface area contributed by atoms with Crippen molar-refractivity contribution < 1.29 is 9.59 Å². The number of fused-ring (bicyclic) bond motifs is 4. The lowest BCUT2D eigenvalue weighted by Crippen LogP contribution is -2.30. The minimum absolute atomic E-state index is 0.310. The van der Waals surface area contributed by atoms with Crippen molar-refractivity contribution in [2.75, 3.05) is 4.90 Å². The van der Waals surface area contributed by atoms with Crippen LogP contribution in [0.2, 0.25) is 0 Å². The van der Waals surface area contributed by atoms with E-state index in [1.807, 2.05) is 143 Å². The van der Waals surface area contributed by atoms with Crippen molar-refractivity contribution in [1.29, 1.82) is 0 Å². The summed E-state index contributed by atoms with van der Waals surface area (Å²) in [6.45, 7) is 7.39. The first-order valence-electron chi connectivity index (χ1n) is 19.0. The molecular weight excluding hydrogens is 721 g/mol. The third kappa shape index (κ3) is 5.73. The van der Waals surface area contributed by atoms with Crippen molar-refractivity contribution in [2.24, 2.45) is 0 Å². The summed E-state index contributed by atoms with van der Waals surface area (Å²) in [5, 5.41) is 1.90. The Morgan fingerprint density at radius 1 is 0.397 bits per heavy atom. The molecule has 58 heavy (non-hydrogen) atoms. The predicted molar refractivity (Wildman–Crippen MR) is 226 cm³/mol. The van der Waals surface area contributed by atoms with Crippen LogP contribution < -0.4 is 4.90 Å². The molecule has 0 unspecified atom stereocenters. The van der Waals surface area contributed by atoms with Crippen LogP contribution in [0.5, 0.6) is 0 Å². The highest BCUT2D eigenvalue weighted by Gasteiger charge is 2.40. The summed E-state index contributed by atoms with van der Waals surface area (Å²) in [6.07, 6.45) is 0. The molecule has 0 fully saturated rings. The predicted octanol–water partition coefficient (Wildman–Crippen LogP) is 9.86. The molecular formula is C48H34N8O2. The van der Waals surface area contributed by atoms with Gasteiger partial charge in [-0.1, -0.05) is 103 Å². The Labute approximate surface area is 333 Å². The molecule has 0 atom stereocenters. The van der Waals surface area contributed by atoms with Crippen LogP contribution in [0.25, 0.3) is 72.5 Å². The van der Waals surface area contributed by atoms with Crippen molar-refractivity contribution >= 4 is 39.3 Å². The summed E-state index contributed by atoms with van der Waals surface area (Å²) in [7, 11) is 0. The topological polar surface area (TPSA) is 120 Å². The highest BCUT2D eigenvalue weighted by molar-refractivity contribution is 6.36. The average molecular weight is 755 g/mol. The molecule has 0 aliphatic carbocycles. The Morgan fingerprint density at radius 2 is 0.914 bits per heavy atom. The SMILES string of the molecule is Cc1nc(C)nc(-c2ccc3c4ccc(-c5nc(C)nc(C)n5)cc4n(-c4cccc5c4C(=O)N(c4cc(-c6ccccc6)ccc4-c4ccccc4)C5=O)c3c2)n1. The number of aryl methyl sites for hydroxylation is 4. The summed E-state index contributed by atoms with van der Waals surface area (Å²) in [4.78, 5) is 58.7. The van der Waals surface area contributed by atoms with Gasteiger partial charge in [0.2, 0.25) is 0 Å². The second kappa shape index (κ2) is 13.5. The van der Waals surface area contributed by atoms with Crippen molar-refractivity contribution in [3.8, 4) is 50.7 Å². The molecule has 1 aliphatic heterocycles. The second-order valence-electron chi connectivity index (χ2n) is 14.4. The van der Waals surface area contributed by atoms with E-state index in [0.717, 1.165) is 55.2 Å². The summed E-state index contributed by atoms with van der Waals surface area (Å²) in [5.74, 6) is 2.76. The third-order valence-electron chi connectivity index (χ3n) is 10.6. The van der Waals surface area contributed by atoms with Gasteiger partial charge in [0.15, 0.2) is 11.6 Å². The molecule has 9 aromatic rings. The molecule has 0 N–H and O–H groups in total. The molecule has 3 aromatic heterocycles. The molecule has 1 aliphatic rings. The number of anilines is 1. The number of imide groups is 1. The zero-order valence-electron chi connectivity index (χ0n) is 32.1. The fourth-order valence-electron chi connectivity index (χ4n) is 8.11. The molecule has 0 spiro atoms. The zero-order valence-corrected chi connectivity index (χ0v) is 32.1. The van der Waals surface area contributed by atoms with Gasteiger partial charge in [0, 0.05) is 27.5 Å². The molecule has 0 radical (unpaired) electrons. The van der Waals surface area contributed by atoms with Gasteiger partial charge >= 0.3 is 0 Å². The first kappa shape index (κ1) is 34.7. The highest BCUT2D eigenvalue weighted by Crippen LogP contribution is 2.43. The Hall–Kier alpha value is -7.72. The van der Waals surface area contributed by atoms with Gasteiger partial charge in [-0.05, 0) is 74.7 Å². The normalized spacial score (nSPS) is 12.5. The van der Waals surface area contributed by atoms with E-state index in [1.165, 1.54) is 4.90 Å². The summed E-state index contributed by atoms with van der Waals surface area (Å²) in [5.41, 5.74) is 8.44. The molecule has 4 heterocycles. The van der Waals surface area contributed by atoms with E-state index in [1.54, 1.807) is 6.07 Å². The minimum Gasteiger partial charge on any atom is -0.308 e. The van der Waals surface area contributed by atoms with E-state index in [-0.39, 0.29) is 0 Å². The van der Waals surface area contributed by atoms with Gasteiger partial charge in [-0.2, -0.15) is 0 Å². The van der Waals surface area contributed by atoms with E-state index in [2.05, 4.69) is 46.6 Å². The number of nitrogens with zero attached hydrogens (tertiary/aromatic N) is 8. The summed E-state index contributed by atoms with van der Waals surface area (Å²) >= 11 is 0. The van der Waals surface area contributed by atoms with Crippen LogP contribution in [0.4, 0.5) is 5.69 Å².